The third kappa shape index (κ3) is 29.6. The number of unbranched alkanes of at least 4 members (excludes halogenated alkanes) is 24. The maximum Gasteiger partial charge on any atom is 0.303 e. The molecule has 6 heteroatoms. The molecule has 0 saturated carbocycles. The van der Waals surface area contributed by atoms with Gasteiger partial charge in [0.2, 0.25) is 11.8 Å². The van der Waals surface area contributed by atoms with Crippen LogP contribution in [0.25, 0.3) is 0 Å². The summed E-state index contributed by atoms with van der Waals surface area (Å²) in [5, 5.41) is 12.3. The summed E-state index contributed by atoms with van der Waals surface area (Å²) in [6, 6.07) is -0.745. The Morgan fingerprint density at radius 2 is 0.822 bits per heavy atom. The first kappa shape index (κ1) is 43.4. The minimum absolute atomic E-state index is 0.0943. The van der Waals surface area contributed by atoms with E-state index in [-0.39, 0.29) is 24.7 Å². The highest BCUT2D eigenvalue weighted by Crippen LogP contribution is 2.15. The molecular formula is C39H76N2O4. The van der Waals surface area contributed by atoms with E-state index in [1.54, 1.807) is 0 Å². The van der Waals surface area contributed by atoms with E-state index < -0.39 is 12.0 Å². The number of amides is 2. The van der Waals surface area contributed by atoms with E-state index in [0.29, 0.717) is 19.5 Å². The number of nitrogens with zero attached hydrogens (tertiary/aromatic N) is 1. The average molecular weight is 637 g/mol. The van der Waals surface area contributed by atoms with Crippen molar-refractivity contribution in [2.24, 2.45) is 0 Å². The molecule has 0 radical (unpaired) electrons. The molecule has 6 nitrogen and oxygen atoms in total. The standard InChI is InChI=1S/C39H76N2O4/c1-4-7-10-13-16-17-18-19-20-21-22-23-24-25-28-31-37(42)40-36(32-33-38(43)44)39(45)41(34-29-26-14-11-8-5-2)35-30-27-15-12-9-6-3/h36H,4-35H2,1-3H3,(H,40,42)(H,43,44)/t36-/m0/s1. The highest BCUT2D eigenvalue weighted by molar-refractivity contribution is 5.88. The minimum Gasteiger partial charge on any atom is -0.481 e. The molecule has 45 heavy (non-hydrogen) atoms. The SMILES string of the molecule is CCCCCCCCCCCCCCCCCC(=O)N[C@@H](CCC(=O)O)C(=O)N(CCCCCCCC)CCCCCCCC. The van der Waals surface area contributed by atoms with Crippen molar-refractivity contribution in [1.29, 1.82) is 0 Å². The molecule has 2 N–H and O–H groups in total. The van der Waals surface area contributed by atoms with Crippen LogP contribution in [0.5, 0.6) is 0 Å². The highest BCUT2D eigenvalue weighted by atomic mass is 16.4. The topological polar surface area (TPSA) is 86.7 Å². The van der Waals surface area contributed by atoms with Gasteiger partial charge in [0.25, 0.3) is 0 Å². The molecule has 0 saturated heterocycles. The average Bonchev–Trinajstić information content (AvgIpc) is 3.02. The van der Waals surface area contributed by atoms with Crippen LogP contribution in [0, 0.1) is 0 Å². The van der Waals surface area contributed by atoms with E-state index in [2.05, 4.69) is 26.1 Å². The molecule has 0 aromatic heterocycles. The molecule has 0 aromatic rings. The van der Waals surface area contributed by atoms with Crippen molar-refractivity contribution < 1.29 is 19.5 Å². The normalized spacial score (nSPS) is 11.9. The van der Waals surface area contributed by atoms with Crippen molar-refractivity contribution in [2.75, 3.05) is 13.1 Å². The van der Waals surface area contributed by atoms with Gasteiger partial charge in [0, 0.05) is 25.9 Å². The van der Waals surface area contributed by atoms with Crippen LogP contribution in [0.15, 0.2) is 0 Å². The largest absolute Gasteiger partial charge is 0.481 e. The number of aliphatic carboxylic acids is 1. The second-order valence-corrected chi connectivity index (χ2v) is 13.6. The maximum atomic E-state index is 13.7. The summed E-state index contributed by atoms with van der Waals surface area (Å²) in [6.07, 6.45) is 33.6. The van der Waals surface area contributed by atoms with Crippen LogP contribution in [0.1, 0.15) is 213 Å². The zero-order chi connectivity index (χ0) is 33.2. The Morgan fingerprint density at radius 3 is 1.18 bits per heavy atom. The molecule has 0 aromatic carbocycles. The Balaban J connectivity index is 4.51. The minimum atomic E-state index is -0.928. The second-order valence-electron chi connectivity index (χ2n) is 13.6. The lowest BCUT2D eigenvalue weighted by Gasteiger charge is -2.28. The van der Waals surface area contributed by atoms with Crippen molar-refractivity contribution in [3.63, 3.8) is 0 Å². The molecule has 0 unspecified atom stereocenters. The van der Waals surface area contributed by atoms with Crippen LogP contribution in [-0.2, 0) is 14.4 Å². The van der Waals surface area contributed by atoms with Gasteiger partial charge in [-0.05, 0) is 25.7 Å². The molecule has 0 aliphatic carbocycles. The Labute approximate surface area is 279 Å². The third-order valence-corrected chi connectivity index (χ3v) is 9.16. The number of hydrogen-bond donors (Lipinski definition) is 2. The zero-order valence-corrected chi connectivity index (χ0v) is 30.3. The fourth-order valence-corrected chi connectivity index (χ4v) is 6.17. The first-order valence-corrected chi connectivity index (χ1v) is 19.8. The van der Waals surface area contributed by atoms with Crippen molar-refractivity contribution in [1.82, 2.24) is 10.2 Å². The maximum absolute atomic E-state index is 13.7. The van der Waals surface area contributed by atoms with E-state index in [1.807, 2.05) is 4.90 Å². The molecule has 1 atom stereocenters. The number of carbonyl (C=O) groups excluding carboxylic acids is 2. The van der Waals surface area contributed by atoms with Crippen LogP contribution in [0.4, 0.5) is 0 Å². The van der Waals surface area contributed by atoms with E-state index in [1.165, 1.54) is 128 Å². The fraction of sp³-hybridized carbons (Fsp3) is 0.923. The molecule has 0 bridgehead atoms. The van der Waals surface area contributed by atoms with E-state index >= 15 is 0 Å². The van der Waals surface area contributed by atoms with Crippen LogP contribution in [0.2, 0.25) is 0 Å². The van der Waals surface area contributed by atoms with Crippen molar-refractivity contribution in [3.8, 4) is 0 Å². The van der Waals surface area contributed by atoms with Gasteiger partial charge in [-0.1, -0.05) is 175 Å². The van der Waals surface area contributed by atoms with Gasteiger partial charge in [-0.3, -0.25) is 14.4 Å². The summed E-state index contributed by atoms with van der Waals surface area (Å²) in [4.78, 5) is 39.8. The van der Waals surface area contributed by atoms with Crippen LogP contribution in [-0.4, -0.2) is 46.9 Å². The molecular weight excluding hydrogens is 560 g/mol. The summed E-state index contributed by atoms with van der Waals surface area (Å²) in [5.41, 5.74) is 0. The summed E-state index contributed by atoms with van der Waals surface area (Å²) >= 11 is 0. The van der Waals surface area contributed by atoms with Crippen molar-refractivity contribution in [3.05, 3.63) is 0 Å². The van der Waals surface area contributed by atoms with Gasteiger partial charge in [-0.15, -0.1) is 0 Å². The lowest BCUT2D eigenvalue weighted by molar-refractivity contribution is -0.139. The van der Waals surface area contributed by atoms with Gasteiger partial charge in [0.05, 0.1) is 0 Å². The molecule has 266 valence electrons. The smallest absolute Gasteiger partial charge is 0.303 e. The number of hydrogen-bond acceptors (Lipinski definition) is 3. The molecule has 0 heterocycles. The van der Waals surface area contributed by atoms with E-state index in [9.17, 15) is 19.5 Å². The summed E-state index contributed by atoms with van der Waals surface area (Å²) < 4.78 is 0. The van der Waals surface area contributed by atoms with Crippen molar-refractivity contribution in [2.45, 2.75) is 219 Å². The second kappa shape index (κ2) is 33.8. The third-order valence-electron chi connectivity index (χ3n) is 9.16. The lowest BCUT2D eigenvalue weighted by Crippen LogP contribution is -2.49. The van der Waals surface area contributed by atoms with Gasteiger partial charge in [-0.2, -0.15) is 0 Å². The van der Waals surface area contributed by atoms with E-state index in [4.69, 9.17) is 0 Å². The van der Waals surface area contributed by atoms with Gasteiger partial charge in [0.15, 0.2) is 0 Å². The molecule has 2 amide bonds. The monoisotopic (exact) mass is 637 g/mol. The predicted octanol–water partition coefficient (Wildman–Crippen LogP) is 11.1. The Hall–Kier alpha value is -1.59. The van der Waals surface area contributed by atoms with Gasteiger partial charge >= 0.3 is 5.97 Å². The van der Waals surface area contributed by atoms with Crippen LogP contribution < -0.4 is 5.32 Å². The Kier molecular flexibility index (Phi) is 32.6. The number of carboxylic acids is 1. The number of carbonyl (C=O) groups is 3. The summed E-state index contributed by atoms with van der Waals surface area (Å²) in [7, 11) is 0. The highest BCUT2D eigenvalue weighted by Gasteiger charge is 2.26. The molecule has 0 aliphatic rings. The first-order chi connectivity index (χ1) is 22.0. The molecule has 0 rings (SSSR count). The molecule has 0 spiro atoms. The summed E-state index contributed by atoms with van der Waals surface area (Å²) in [5.74, 6) is -1.14. The van der Waals surface area contributed by atoms with Crippen molar-refractivity contribution >= 4 is 17.8 Å². The van der Waals surface area contributed by atoms with Crippen LogP contribution >= 0.6 is 0 Å². The number of carboxylic acid groups (broad SMARTS) is 1. The quantitative estimate of drug-likeness (QED) is 0.0678. The summed E-state index contributed by atoms with van der Waals surface area (Å²) in [6.45, 7) is 8.08. The van der Waals surface area contributed by atoms with Gasteiger partial charge in [0.1, 0.15) is 6.04 Å². The van der Waals surface area contributed by atoms with E-state index in [0.717, 1.165) is 44.9 Å². The zero-order valence-electron chi connectivity index (χ0n) is 30.3. The first-order valence-electron chi connectivity index (χ1n) is 19.8. The molecule has 0 aliphatic heterocycles. The van der Waals surface area contributed by atoms with Crippen LogP contribution in [0.3, 0.4) is 0 Å². The van der Waals surface area contributed by atoms with Gasteiger partial charge in [-0.25, -0.2) is 0 Å². The predicted molar refractivity (Wildman–Crippen MR) is 192 cm³/mol. The van der Waals surface area contributed by atoms with Gasteiger partial charge < -0.3 is 15.3 Å². The Morgan fingerprint density at radius 1 is 0.489 bits per heavy atom. The number of nitrogens with one attached hydrogen (secondary N) is 1. The fourth-order valence-electron chi connectivity index (χ4n) is 6.17. The lowest BCUT2D eigenvalue weighted by atomic mass is 10.0. The Bertz CT molecular complexity index is 668. The molecule has 0 fully saturated rings. The number of rotatable bonds is 35.